The molecule has 1 heterocycles. The number of amides is 1. The summed E-state index contributed by atoms with van der Waals surface area (Å²) in [6.45, 7) is 11.5. The number of nitrogens with one attached hydrogen (secondary N) is 1. The summed E-state index contributed by atoms with van der Waals surface area (Å²) in [5.41, 5.74) is 1.79. The minimum absolute atomic E-state index is 0.115. The fourth-order valence-electron chi connectivity index (χ4n) is 2.92. The molecule has 1 N–H and O–H groups in total. The molecule has 0 bridgehead atoms. The average Bonchev–Trinajstić information content (AvgIpc) is 3.06. The normalized spacial score (nSPS) is 12.8. The minimum Gasteiger partial charge on any atom is -0.464 e. The molecule has 0 fully saturated rings. The highest BCUT2D eigenvalue weighted by Gasteiger charge is 2.23. The van der Waals surface area contributed by atoms with Gasteiger partial charge in [0.15, 0.2) is 6.10 Å². The second-order valence-corrected chi connectivity index (χ2v) is 8.08. The van der Waals surface area contributed by atoms with E-state index in [1.165, 1.54) is 0 Å². The summed E-state index contributed by atoms with van der Waals surface area (Å²) in [5.74, 6) is -0.387. The zero-order chi connectivity index (χ0) is 21.6. The van der Waals surface area contributed by atoms with Crippen molar-refractivity contribution < 1.29 is 28.2 Å². The number of rotatable bonds is 8. The molecule has 1 unspecified atom stereocenters. The topological polar surface area (TPSA) is 87.0 Å². The molecule has 7 heteroatoms. The standard InChI is InChI=1S/C22H31NO6/c1-7-26-20(24)18(28-14(2)3)12-15-10-16-8-9-27-19(16)17(11-15)13-23-21(25)29-22(4,5)6/h8-11,14,18H,7,12-13H2,1-6H3,(H,23,25). The Kier molecular flexibility index (Phi) is 7.67. The molecule has 29 heavy (non-hydrogen) atoms. The zero-order valence-electron chi connectivity index (χ0n) is 18.0. The van der Waals surface area contributed by atoms with Crippen molar-refractivity contribution in [1.29, 1.82) is 0 Å². The third-order valence-corrected chi connectivity index (χ3v) is 3.92. The fourth-order valence-corrected chi connectivity index (χ4v) is 2.92. The molecule has 0 spiro atoms. The molecule has 0 aliphatic rings. The molecule has 1 atom stereocenters. The maximum atomic E-state index is 12.3. The molecular weight excluding hydrogens is 374 g/mol. The first-order chi connectivity index (χ1) is 13.6. The number of esters is 1. The molecule has 0 aliphatic carbocycles. The molecule has 160 valence electrons. The first-order valence-corrected chi connectivity index (χ1v) is 9.87. The number of furan rings is 1. The summed E-state index contributed by atoms with van der Waals surface area (Å²) in [5, 5.41) is 3.63. The first kappa shape index (κ1) is 22.7. The van der Waals surface area contributed by atoms with Gasteiger partial charge in [0.2, 0.25) is 0 Å². The van der Waals surface area contributed by atoms with E-state index in [-0.39, 0.29) is 18.6 Å². The van der Waals surface area contributed by atoms with Crippen molar-refractivity contribution >= 4 is 23.0 Å². The van der Waals surface area contributed by atoms with Crippen molar-refractivity contribution in [3.8, 4) is 0 Å². The summed E-state index contributed by atoms with van der Waals surface area (Å²) >= 11 is 0. The van der Waals surface area contributed by atoms with Crippen molar-refractivity contribution in [2.75, 3.05) is 6.61 Å². The van der Waals surface area contributed by atoms with Crippen LogP contribution in [0.1, 0.15) is 52.7 Å². The third kappa shape index (κ3) is 7.09. The predicted molar refractivity (Wildman–Crippen MR) is 110 cm³/mol. The predicted octanol–water partition coefficient (Wildman–Crippen LogP) is 4.36. The minimum atomic E-state index is -0.703. The van der Waals surface area contributed by atoms with E-state index in [4.69, 9.17) is 18.6 Å². The molecule has 0 saturated carbocycles. The summed E-state index contributed by atoms with van der Waals surface area (Å²) in [6, 6.07) is 5.70. The van der Waals surface area contributed by atoms with Gasteiger partial charge in [-0.15, -0.1) is 0 Å². The molecule has 1 aromatic carbocycles. The number of hydrogen-bond acceptors (Lipinski definition) is 6. The number of hydrogen-bond donors (Lipinski definition) is 1. The largest absolute Gasteiger partial charge is 0.464 e. The van der Waals surface area contributed by atoms with Gasteiger partial charge in [-0.3, -0.25) is 0 Å². The van der Waals surface area contributed by atoms with Crippen LogP contribution in [0.25, 0.3) is 11.0 Å². The van der Waals surface area contributed by atoms with E-state index in [0.29, 0.717) is 18.6 Å². The van der Waals surface area contributed by atoms with Crippen molar-refractivity contribution in [2.45, 2.75) is 72.3 Å². The van der Waals surface area contributed by atoms with Crippen LogP contribution in [0.5, 0.6) is 0 Å². The lowest BCUT2D eigenvalue weighted by Crippen LogP contribution is -2.32. The molecule has 0 radical (unpaired) electrons. The summed E-state index contributed by atoms with van der Waals surface area (Å²) in [7, 11) is 0. The van der Waals surface area contributed by atoms with Crippen molar-refractivity contribution in [3.63, 3.8) is 0 Å². The Balaban J connectivity index is 2.21. The zero-order valence-corrected chi connectivity index (χ0v) is 18.0. The Labute approximate surface area is 171 Å². The van der Waals surface area contributed by atoms with Gasteiger partial charge in [0.05, 0.1) is 19.0 Å². The second kappa shape index (κ2) is 9.78. The number of carbonyl (C=O) groups excluding carboxylic acids is 2. The smallest absolute Gasteiger partial charge is 0.407 e. The van der Waals surface area contributed by atoms with Crippen LogP contribution in [0.3, 0.4) is 0 Å². The quantitative estimate of drug-likeness (QED) is 0.657. The third-order valence-electron chi connectivity index (χ3n) is 3.92. The molecule has 2 rings (SSSR count). The van der Waals surface area contributed by atoms with E-state index in [2.05, 4.69) is 5.32 Å². The molecule has 1 amide bonds. The Hall–Kier alpha value is -2.54. The Bertz CT molecular complexity index is 833. The summed E-state index contributed by atoms with van der Waals surface area (Å²) < 4.78 is 21.8. The van der Waals surface area contributed by atoms with Gasteiger partial charge >= 0.3 is 12.1 Å². The number of fused-ring (bicyclic) bond motifs is 1. The highest BCUT2D eigenvalue weighted by Crippen LogP contribution is 2.24. The van der Waals surface area contributed by atoms with Crippen LogP contribution >= 0.6 is 0 Å². The van der Waals surface area contributed by atoms with E-state index in [9.17, 15) is 9.59 Å². The molecule has 2 aromatic rings. The molecule has 7 nitrogen and oxygen atoms in total. The van der Waals surface area contributed by atoms with Crippen molar-refractivity contribution in [2.24, 2.45) is 0 Å². The van der Waals surface area contributed by atoms with Crippen LogP contribution in [0.15, 0.2) is 28.9 Å². The Morgan fingerprint density at radius 2 is 1.93 bits per heavy atom. The van der Waals surface area contributed by atoms with E-state index in [0.717, 1.165) is 16.5 Å². The van der Waals surface area contributed by atoms with Gasteiger partial charge in [-0.2, -0.15) is 0 Å². The van der Waals surface area contributed by atoms with Gasteiger partial charge < -0.3 is 23.9 Å². The second-order valence-electron chi connectivity index (χ2n) is 8.08. The molecule has 0 saturated heterocycles. The highest BCUT2D eigenvalue weighted by atomic mass is 16.6. The SMILES string of the molecule is CCOC(=O)C(Cc1cc(CNC(=O)OC(C)(C)C)c2occc2c1)OC(C)C. The summed E-state index contributed by atoms with van der Waals surface area (Å²) in [4.78, 5) is 24.3. The Morgan fingerprint density at radius 1 is 1.21 bits per heavy atom. The van der Waals surface area contributed by atoms with Crippen LogP contribution in [0, 0.1) is 0 Å². The van der Waals surface area contributed by atoms with Gasteiger partial charge in [0, 0.05) is 23.9 Å². The van der Waals surface area contributed by atoms with E-state index in [1.807, 2.05) is 52.8 Å². The number of ether oxygens (including phenoxy) is 3. The summed E-state index contributed by atoms with van der Waals surface area (Å²) in [6.07, 6.45) is 0.632. The first-order valence-electron chi connectivity index (χ1n) is 9.87. The maximum Gasteiger partial charge on any atom is 0.407 e. The van der Waals surface area contributed by atoms with Crippen LogP contribution in [0.4, 0.5) is 4.79 Å². The molecule has 1 aromatic heterocycles. The van der Waals surface area contributed by atoms with Gasteiger partial charge in [-0.05, 0) is 59.2 Å². The fraction of sp³-hybridized carbons (Fsp3) is 0.545. The number of carbonyl (C=O) groups is 2. The van der Waals surface area contributed by atoms with Gasteiger partial charge in [0.1, 0.15) is 11.2 Å². The van der Waals surface area contributed by atoms with Crippen LogP contribution in [-0.2, 0) is 32.0 Å². The average molecular weight is 405 g/mol. The Morgan fingerprint density at radius 3 is 2.55 bits per heavy atom. The molecular formula is C22H31NO6. The monoisotopic (exact) mass is 405 g/mol. The maximum absolute atomic E-state index is 12.3. The van der Waals surface area contributed by atoms with E-state index in [1.54, 1.807) is 13.2 Å². The van der Waals surface area contributed by atoms with Crippen LogP contribution in [-0.4, -0.2) is 36.5 Å². The molecule has 0 aliphatic heterocycles. The van der Waals surface area contributed by atoms with E-state index < -0.39 is 17.8 Å². The van der Waals surface area contributed by atoms with Gasteiger partial charge in [-0.1, -0.05) is 6.07 Å². The van der Waals surface area contributed by atoms with Crippen molar-refractivity contribution in [1.82, 2.24) is 5.32 Å². The lowest BCUT2D eigenvalue weighted by molar-refractivity contribution is -0.159. The lowest BCUT2D eigenvalue weighted by atomic mass is 10.0. The number of alkyl carbamates (subject to hydrolysis) is 1. The van der Waals surface area contributed by atoms with Gasteiger partial charge in [0.25, 0.3) is 0 Å². The van der Waals surface area contributed by atoms with E-state index >= 15 is 0 Å². The number of benzene rings is 1. The van der Waals surface area contributed by atoms with Gasteiger partial charge in [-0.25, -0.2) is 9.59 Å². The van der Waals surface area contributed by atoms with Crippen LogP contribution < -0.4 is 5.32 Å². The van der Waals surface area contributed by atoms with Crippen molar-refractivity contribution in [3.05, 3.63) is 35.6 Å². The van der Waals surface area contributed by atoms with Crippen LogP contribution in [0.2, 0.25) is 0 Å². The highest BCUT2D eigenvalue weighted by molar-refractivity contribution is 5.82. The lowest BCUT2D eigenvalue weighted by Gasteiger charge is -2.20.